The highest BCUT2D eigenvalue weighted by Gasteiger charge is 2.15. The molecule has 0 amide bonds. The van der Waals surface area contributed by atoms with Crippen LogP contribution in [-0.2, 0) is 6.54 Å². The Morgan fingerprint density at radius 3 is 3.00 bits per heavy atom. The summed E-state index contributed by atoms with van der Waals surface area (Å²) in [5.74, 6) is 0. The zero-order valence-corrected chi connectivity index (χ0v) is 10.7. The number of nitro groups is 1. The van der Waals surface area contributed by atoms with Crippen LogP contribution in [0.2, 0.25) is 5.02 Å². The van der Waals surface area contributed by atoms with E-state index in [1.165, 1.54) is 6.07 Å². The first-order valence-electron chi connectivity index (χ1n) is 5.69. The molecule has 100 valence electrons. The first kappa shape index (κ1) is 13.3. The second kappa shape index (κ2) is 6.14. The van der Waals surface area contributed by atoms with Crippen LogP contribution >= 0.6 is 11.6 Å². The monoisotopic (exact) mass is 281 g/mol. The summed E-state index contributed by atoms with van der Waals surface area (Å²) in [6.45, 7) is 1.25. The molecule has 0 aliphatic carbocycles. The van der Waals surface area contributed by atoms with E-state index in [1.807, 2.05) is 0 Å². The molecule has 0 fully saturated rings. The van der Waals surface area contributed by atoms with Crippen molar-refractivity contribution in [2.75, 3.05) is 11.9 Å². The van der Waals surface area contributed by atoms with Gasteiger partial charge in [0.05, 0.1) is 16.1 Å². The van der Waals surface area contributed by atoms with Gasteiger partial charge in [-0.05, 0) is 12.5 Å². The van der Waals surface area contributed by atoms with Crippen molar-refractivity contribution in [3.63, 3.8) is 0 Å². The van der Waals surface area contributed by atoms with Crippen LogP contribution in [-0.4, -0.2) is 26.5 Å². The second-order valence-corrected chi connectivity index (χ2v) is 4.24. The zero-order valence-electron chi connectivity index (χ0n) is 9.99. The molecule has 0 unspecified atom stereocenters. The fraction of sp³-hybridized carbons (Fsp3) is 0.273. The number of nitrogens with one attached hydrogen (secondary N) is 1. The van der Waals surface area contributed by atoms with Crippen LogP contribution in [0.15, 0.2) is 30.6 Å². The number of halogens is 1. The minimum atomic E-state index is -0.453. The standard InChI is InChI=1S/C11H12ClN5O2/c12-9-3-1-4-10(17(18)19)11(9)13-5-2-7-16-8-6-14-15-16/h1,3-4,6,8,13H,2,5,7H2. The second-order valence-electron chi connectivity index (χ2n) is 3.84. The minimum Gasteiger partial charge on any atom is -0.378 e. The Balaban J connectivity index is 1.93. The summed E-state index contributed by atoms with van der Waals surface area (Å²) in [6, 6.07) is 4.60. The number of benzene rings is 1. The maximum absolute atomic E-state index is 10.9. The van der Waals surface area contributed by atoms with Gasteiger partial charge in [0.25, 0.3) is 5.69 Å². The number of aryl methyl sites for hydroxylation is 1. The lowest BCUT2D eigenvalue weighted by molar-refractivity contribution is -0.383. The molecule has 0 spiro atoms. The molecule has 0 bridgehead atoms. The third-order valence-corrected chi connectivity index (χ3v) is 2.84. The molecule has 0 aliphatic heterocycles. The Morgan fingerprint density at radius 2 is 2.32 bits per heavy atom. The van der Waals surface area contributed by atoms with Gasteiger partial charge < -0.3 is 5.32 Å². The highest BCUT2D eigenvalue weighted by Crippen LogP contribution is 2.31. The van der Waals surface area contributed by atoms with E-state index in [4.69, 9.17) is 11.6 Å². The number of aromatic nitrogens is 3. The molecular weight excluding hydrogens is 270 g/mol. The van der Waals surface area contributed by atoms with E-state index in [0.717, 1.165) is 6.42 Å². The number of hydrogen-bond acceptors (Lipinski definition) is 5. The molecule has 1 aromatic carbocycles. The van der Waals surface area contributed by atoms with Crippen LogP contribution in [0, 0.1) is 10.1 Å². The minimum absolute atomic E-state index is 0.0201. The molecular formula is C11H12ClN5O2. The fourth-order valence-electron chi connectivity index (χ4n) is 1.65. The van der Waals surface area contributed by atoms with Crippen molar-refractivity contribution in [3.05, 3.63) is 45.7 Å². The van der Waals surface area contributed by atoms with E-state index in [-0.39, 0.29) is 5.69 Å². The normalized spacial score (nSPS) is 10.4. The van der Waals surface area contributed by atoms with Crippen LogP contribution in [0.4, 0.5) is 11.4 Å². The summed E-state index contributed by atoms with van der Waals surface area (Å²) in [5.41, 5.74) is 0.334. The Labute approximate surface area is 114 Å². The predicted molar refractivity (Wildman–Crippen MR) is 71.2 cm³/mol. The van der Waals surface area contributed by atoms with Crippen LogP contribution in [0.5, 0.6) is 0 Å². The lowest BCUT2D eigenvalue weighted by Gasteiger charge is -2.08. The van der Waals surface area contributed by atoms with Gasteiger partial charge in [0.2, 0.25) is 0 Å². The van der Waals surface area contributed by atoms with Gasteiger partial charge in [-0.1, -0.05) is 22.9 Å². The van der Waals surface area contributed by atoms with Gasteiger partial charge in [0.1, 0.15) is 5.69 Å². The summed E-state index contributed by atoms with van der Waals surface area (Å²) >= 11 is 5.96. The van der Waals surface area contributed by atoms with Gasteiger partial charge in [0, 0.05) is 25.4 Å². The van der Waals surface area contributed by atoms with Crippen molar-refractivity contribution in [3.8, 4) is 0 Å². The van der Waals surface area contributed by atoms with Crippen molar-refractivity contribution < 1.29 is 4.92 Å². The molecule has 8 heteroatoms. The van der Waals surface area contributed by atoms with E-state index < -0.39 is 4.92 Å². The molecule has 1 N–H and O–H groups in total. The van der Waals surface area contributed by atoms with Gasteiger partial charge in [0.15, 0.2) is 0 Å². The van der Waals surface area contributed by atoms with Crippen LogP contribution < -0.4 is 5.32 Å². The lowest BCUT2D eigenvalue weighted by atomic mass is 10.2. The van der Waals surface area contributed by atoms with Crippen molar-refractivity contribution in [1.29, 1.82) is 0 Å². The smallest absolute Gasteiger partial charge is 0.293 e. The third-order valence-electron chi connectivity index (χ3n) is 2.53. The Kier molecular flexibility index (Phi) is 4.30. The van der Waals surface area contributed by atoms with E-state index in [1.54, 1.807) is 29.2 Å². The first-order chi connectivity index (χ1) is 9.18. The molecule has 1 heterocycles. The van der Waals surface area contributed by atoms with Gasteiger partial charge in [-0.15, -0.1) is 5.10 Å². The molecule has 2 aromatic rings. The van der Waals surface area contributed by atoms with E-state index >= 15 is 0 Å². The molecule has 0 saturated carbocycles. The van der Waals surface area contributed by atoms with Gasteiger partial charge in [-0.3, -0.25) is 14.8 Å². The highest BCUT2D eigenvalue weighted by atomic mass is 35.5. The summed E-state index contributed by atoms with van der Waals surface area (Å²) in [7, 11) is 0. The maximum Gasteiger partial charge on any atom is 0.293 e. The predicted octanol–water partition coefficient (Wildman–Crippen LogP) is 2.34. The Bertz CT molecular complexity index is 558. The maximum atomic E-state index is 10.9. The summed E-state index contributed by atoms with van der Waals surface area (Å²) < 4.78 is 1.70. The van der Waals surface area contributed by atoms with Gasteiger partial charge in [-0.2, -0.15) is 0 Å². The number of rotatable bonds is 6. The fourth-order valence-corrected chi connectivity index (χ4v) is 1.88. The summed E-state index contributed by atoms with van der Waals surface area (Å²) in [6.07, 6.45) is 4.12. The highest BCUT2D eigenvalue weighted by molar-refractivity contribution is 6.33. The molecule has 0 aliphatic rings. The van der Waals surface area contributed by atoms with E-state index in [0.29, 0.717) is 23.8 Å². The number of nitro benzene ring substituents is 1. The molecule has 0 radical (unpaired) electrons. The van der Waals surface area contributed by atoms with Crippen molar-refractivity contribution in [1.82, 2.24) is 15.0 Å². The zero-order chi connectivity index (χ0) is 13.7. The van der Waals surface area contributed by atoms with E-state index in [9.17, 15) is 10.1 Å². The number of nitrogens with zero attached hydrogens (tertiary/aromatic N) is 4. The average Bonchev–Trinajstić information content (AvgIpc) is 2.88. The molecule has 0 atom stereocenters. The van der Waals surface area contributed by atoms with Crippen LogP contribution in [0.25, 0.3) is 0 Å². The van der Waals surface area contributed by atoms with Crippen LogP contribution in [0.3, 0.4) is 0 Å². The van der Waals surface area contributed by atoms with Crippen LogP contribution in [0.1, 0.15) is 6.42 Å². The molecule has 19 heavy (non-hydrogen) atoms. The number of anilines is 1. The van der Waals surface area contributed by atoms with Crippen molar-refractivity contribution in [2.45, 2.75) is 13.0 Å². The summed E-state index contributed by atoms with van der Waals surface area (Å²) in [5, 5.41) is 21.7. The van der Waals surface area contributed by atoms with E-state index in [2.05, 4.69) is 15.6 Å². The first-order valence-corrected chi connectivity index (χ1v) is 6.07. The van der Waals surface area contributed by atoms with Gasteiger partial charge >= 0.3 is 0 Å². The quantitative estimate of drug-likeness (QED) is 0.499. The third kappa shape index (κ3) is 3.41. The molecule has 7 nitrogen and oxygen atoms in total. The molecule has 0 saturated heterocycles. The average molecular weight is 282 g/mol. The van der Waals surface area contributed by atoms with Gasteiger partial charge in [-0.25, -0.2) is 0 Å². The Hall–Kier alpha value is -2.15. The Morgan fingerprint density at radius 1 is 1.47 bits per heavy atom. The SMILES string of the molecule is O=[N+]([O-])c1cccc(Cl)c1NCCCn1ccnn1. The number of para-hydroxylation sites is 1. The topological polar surface area (TPSA) is 85.9 Å². The van der Waals surface area contributed by atoms with Crippen molar-refractivity contribution in [2.24, 2.45) is 0 Å². The summed E-state index contributed by atoms with van der Waals surface area (Å²) in [4.78, 5) is 10.4. The lowest BCUT2D eigenvalue weighted by Crippen LogP contribution is -2.09. The molecule has 2 rings (SSSR count). The molecule has 1 aromatic heterocycles. The number of hydrogen-bond donors (Lipinski definition) is 1. The largest absolute Gasteiger partial charge is 0.378 e. The van der Waals surface area contributed by atoms with Crippen molar-refractivity contribution >= 4 is 23.0 Å².